The highest BCUT2D eigenvalue weighted by molar-refractivity contribution is 5.94. The van der Waals surface area contributed by atoms with Crippen molar-refractivity contribution in [3.05, 3.63) is 34.4 Å². The van der Waals surface area contributed by atoms with Crippen molar-refractivity contribution in [3.63, 3.8) is 0 Å². The fraction of sp³-hybridized carbons (Fsp3) is 0.619. The quantitative estimate of drug-likeness (QED) is 0.558. The SMILES string of the molecule is CC(C(=O)Nc1ccc([N+](=O)[O-])cc1)N1CCCC(CN(C)C(=O)OC(C)(C)C)C1. The van der Waals surface area contributed by atoms with Crippen LogP contribution in [0.4, 0.5) is 16.2 Å². The number of anilines is 1. The van der Waals surface area contributed by atoms with Crippen LogP contribution < -0.4 is 5.32 Å². The van der Waals surface area contributed by atoms with Gasteiger partial charge in [-0.25, -0.2) is 4.79 Å². The van der Waals surface area contributed by atoms with E-state index in [1.807, 2.05) is 27.7 Å². The van der Waals surface area contributed by atoms with E-state index in [9.17, 15) is 19.7 Å². The van der Waals surface area contributed by atoms with E-state index in [1.54, 1.807) is 11.9 Å². The van der Waals surface area contributed by atoms with E-state index >= 15 is 0 Å². The number of likely N-dealkylation sites (tertiary alicyclic amines) is 1. The molecule has 0 aromatic heterocycles. The number of hydrogen-bond acceptors (Lipinski definition) is 6. The van der Waals surface area contributed by atoms with Gasteiger partial charge in [-0.2, -0.15) is 0 Å². The molecule has 1 aliphatic rings. The number of nitrogens with zero attached hydrogens (tertiary/aromatic N) is 3. The Morgan fingerprint density at radius 2 is 1.97 bits per heavy atom. The van der Waals surface area contributed by atoms with Crippen molar-refractivity contribution < 1.29 is 19.2 Å². The zero-order valence-electron chi connectivity index (χ0n) is 18.4. The van der Waals surface area contributed by atoms with Gasteiger partial charge in [-0.3, -0.25) is 19.8 Å². The zero-order chi connectivity index (χ0) is 22.5. The second-order valence-electron chi connectivity index (χ2n) is 8.83. The number of ether oxygens (including phenoxy) is 1. The first-order valence-electron chi connectivity index (χ1n) is 10.2. The Hall–Kier alpha value is -2.68. The Balaban J connectivity index is 1.89. The Morgan fingerprint density at radius 1 is 1.33 bits per heavy atom. The molecule has 1 aromatic carbocycles. The number of carbonyl (C=O) groups is 2. The van der Waals surface area contributed by atoms with Gasteiger partial charge in [0.2, 0.25) is 5.91 Å². The average molecular weight is 421 g/mol. The molecule has 1 fully saturated rings. The number of carbonyl (C=O) groups excluding carboxylic acids is 2. The number of benzene rings is 1. The second kappa shape index (κ2) is 9.88. The van der Waals surface area contributed by atoms with Crippen molar-refractivity contribution in [2.45, 2.75) is 52.2 Å². The summed E-state index contributed by atoms with van der Waals surface area (Å²) in [7, 11) is 1.73. The predicted octanol–water partition coefficient (Wildman–Crippen LogP) is 3.50. The highest BCUT2D eigenvalue weighted by Crippen LogP contribution is 2.21. The molecular formula is C21H32N4O5. The minimum absolute atomic E-state index is 0.0194. The third kappa shape index (κ3) is 6.98. The van der Waals surface area contributed by atoms with Crippen LogP contribution in [0.15, 0.2) is 24.3 Å². The Bertz CT molecular complexity index is 760. The number of piperidine rings is 1. The van der Waals surface area contributed by atoms with Gasteiger partial charge in [0.1, 0.15) is 5.60 Å². The predicted molar refractivity (Wildman–Crippen MR) is 114 cm³/mol. The second-order valence-corrected chi connectivity index (χ2v) is 8.83. The van der Waals surface area contributed by atoms with Gasteiger partial charge < -0.3 is 15.0 Å². The van der Waals surface area contributed by atoms with E-state index < -0.39 is 10.5 Å². The van der Waals surface area contributed by atoms with Crippen molar-refractivity contribution in [2.75, 3.05) is 32.0 Å². The molecule has 166 valence electrons. The summed E-state index contributed by atoms with van der Waals surface area (Å²) in [5.74, 6) is 0.0934. The summed E-state index contributed by atoms with van der Waals surface area (Å²) in [6, 6.07) is 5.43. The van der Waals surface area contributed by atoms with Crippen LogP contribution in [0.1, 0.15) is 40.5 Å². The van der Waals surface area contributed by atoms with Crippen molar-refractivity contribution in [1.29, 1.82) is 0 Å². The molecule has 2 amide bonds. The Labute approximate surface area is 177 Å². The lowest BCUT2D eigenvalue weighted by atomic mass is 9.96. The van der Waals surface area contributed by atoms with E-state index in [-0.39, 0.29) is 29.6 Å². The molecule has 0 radical (unpaired) electrons. The van der Waals surface area contributed by atoms with Crippen LogP contribution in [0, 0.1) is 16.0 Å². The van der Waals surface area contributed by atoms with Gasteiger partial charge in [0.15, 0.2) is 0 Å². The lowest BCUT2D eigenvalue weighted by molar-refractivity contribution is -0.384. The maximum Gasteiger partial charge on any atom is 0.410 e. The summed E-state index contributed by atoms with van der Waals surface area (Å²) >= 11 is 0. The minimum Gasteiger partial charge on any atom is -0.444 e. The topological polar surface area (TPSA) is 105 Å². The third-order valence-electron chi connectivity index (χ3n) is 5.06. The van der Waals surface area contributed by atoms with Crippen LogP contribution in [0.2, 0.25) is 0 Å². The fourth-order valence-electron chi connectivity index (χ4n) is 3.48. The van der Waals surface area contributed by atoms with Gasteiger partial charge in [-0.1, -0.05) is 0 Å². The van der Waals surface area contributed by atoms with E-state index in [1.165, 1.54) is 24.3 Å². The number of nitro benzene ring substituents is 1. The minimum atomic E-state index is -0.533. The first-order valence-corrected chi connectivity index (χ1v) is 10.2. The Kier molecular flexibility index (Phi) is 7.77. The molecule has 1 aromatic rings. The Morgan fingerprint density at radius 3 is 2.53 bits per heavy atom. The van der Waals surface area contributed by atoms with Gasteiger partial charge in [0.05, 0.1) is 11.0 Å². The van der Waals surface area contributed by atoms with Crippen LogP contribution in [-0.2, 0) is 9.53 Å². The fourth-order valence-corrected chi connectivity index (χ4v) is 3.48. The molecule has 1 heterocycles. The maximum absolute atomic E-state index is 12.7. The zero-order valence-corrected chi connectivity index (χ0v) is 18.4. The molecule has 2 unspecified atom stereocenters. The first-order chi connectivity index (χ1) is 14.0. The van der Waals surface area contributed by atoms with Crippen molar-refractivity contribution in [1.82, 2.24) is 9.80 Å². The summed E-state index contributed by atoms with van der Waals surface area (Å²) in [6.07, 6.45) is 1.59. The molecule has 0 aliphatic carbocycles. The summed E-state index contributed by atoms with van der Waals surface area (Å²) < 4.78 is 5.41. The number of nitrogens with one attached hydrogen (secondary N) is 1. The van der Waals surface area contributed by atoms with Crippen LogP contribution in [0.5, 0.6) is 0 Å². The number of non-ortho nitro benzene ring substituents is 1. The molecule has 1 N–H and O–H groups in total. The van der Waals surface area contributed by atoms with Gasteiger partial charge in [-0.05, 0) is 65.1 Å². The summed E-state index contributed by atoms with van der Waals surface area (Å²) in [5.41, 5.74) is -0.0290. The van der Waals surface area contributed by atoms with E-state index in [4.69, 9.17) is 4.74 Å². The van der Waals surface area contributed by atoms with Gasteiger partial charge in [-0.15, -0.1) is 0 Å². The van der Waals surface area contributed by atoms with Crippen LogP contribution in [0.25, 0.3) is 0 Å². The van der Waals surface area contributed by atoms with Crippen LogP contribution in [-0.4, -0.2) is 65.0 Å². The summed E-state index contributed by atoms with van der Waals surface area (Å²) in [6.45, 7) is 9.46. The average Bonchev–Trinajstić information content (AvgIpc) is 2.66. The highest BCUT2D eigenvalue weighted by atomic mass is 16.6. The number of rotatable bonds is 6. The van der Waals surface area contributed by atoms with Gasteiger partial charge >= 0.3 is 6.09 Å². The monoisotopic (exact) mass is 420 g/mol. The molecule has 0 saturated carbocycles. The maximum atomic E-state index is 12.7. The molecule has 9 heteroatoms. The van der Waals surface area contributed by atoms with E-state index in [2.05, 4.69) is 10.2 Å². The lowest BCUT2D eigenvalue weighted by Gasteiger charge is -2.37. The van der Waals surface area contributed by atoms with Gasteiger partial charge in [0, 0.05) is 38.0 Å². The van der Waals surface area contributed by atoms with Crippen molar-refractivity contribution in [2.24, 2.45) is 5.92 Å². The lowest BCUT2D eigenvalue weighted by Crippen LogP contribution is -2.49. The van der Waals surface area contributed by atoms with Crippen LogP contribution >= 0.6 is 0 Å². The molecule has 2 rings (SSSR count). The molecule has 9 nitrogen and oxygen atoms in total. The molecule has 1 saturated heterocycles. The normalized spacial score (nSPS) is 18.4. The molecule has 0 bridgehead atoms. The molecule has 30 heavy (non-hydrogen) atoms. The summed E-state index contributed by atoms with van der Waals surface area (Å²) in [4.78, 5) is 38.8. The molecular weight excluding hydrogens is 388 g/mol. The number of amides is 2. The van der Waals surface area contributed by atoms with E-state index in [0.717, 1.165) is 19.4 Å². The third-order valence-corrected chi connectivity index (χ3v) is 5.06. The standard InChI is InChI=1S/C21H32N4O5/c1-15(19(26)22-17-8-10-18(11-9-17)25(28)29)24-12-6-7-16(14-24)13-23(5)20(27)30-21(2,3)4/h8-11,15-16H,6-7,12-14H2,1-5H3,(H,22,26). The van der Waals surface area contributed by atoms with E-state index in [0.29, 0.717) is 18.8 Å². The summed E-state index contributed by atoms with van der Waals surface area (Å²) in [5, 5.41) is 13.6. The molecule has 2 atom stereocenters. The van der Waals surface area contributed by atoms with Crippen LogP contribution in [0.3, 0.4) is 0 Å². The molecule has 0 spiro atoms. The number of hydrogen-bond donors (Lipinski definition) is 1. The van der Waals surface area contributed by atoms with Crippen molar-refractivity contribution >= 4 is 23.4 Å². The van der Waals surface area contributed by atoms with Crippen molar-refractivity contribution in [3.8, 4) is 0 Å². The largest absolute Gasteiger partial charge is 0.444 e. The number of nitro groups is 1. The van der Waals surface area contributed by atoms with Gasteiger partial charge in [0.25, 0.3) is 5.69 Å². The molecule has 1 aliphatic heterocycles. The smallest absolute Gasteiger partial charge is 0.410 e. The highest BCUT2D eigenvalue weighted by Gasteiger charge is 2.29. The first kappa shape index (κ1) is 23.6.